The van der Waals surface area contributed by atoms with Crippen molar-refractivity contribution in [2.75, 3.05) is 40.9 Å². The van der Waals surface area contributed by atoms with Crippen molar-refractivity contribution in [3.05, 3.63) is 109 Å². The molecule has 3 atom stereocenters. The van der Waals surface area contributed by atoms with Crippen molar-refractivity contribution < 1.29 is 32.9 Å². The fraction of sp³-hybridized carbons (Fsp3) is 0.743. The van der Waals surface area contributed by atoms with Gasteiger partial charge in [0, 0.05) is 6.42 Å². The number of carbonyl (C=O) groups is 1. The molecule has 0 fully saturated rings. The molecule has 0 saturated carbocycles. The maximum atomic E-state index is 13.0. The van der Waals surface area contributed by atoms with Crippen LogP contribution in [0.3, 0.4) is 0 Å². The SMILES string of the molecule is CC/C=C\C/C=C\C/C=C\C/C=C\C/C=C\C/C=C\C/C=C\CCCCCCCCCC(=O)NC(COP(=O)(O)OCC[N+](C)(C)C)C(O)/C=C/CC/C=C/CCCCCCCCCCCCCCCCCCCCCCCCCCCC. The molecule has 0 bridgehead atoms. The molecule has 0 radical (unpaired) electrons. The number of nitrogens with zero attached hydrogens (tertiary/aromatic N) is 1. The highest BCUT2D eigenvalue weighted by Crippen LogP contribution is 2.43. The van der Waals surface area contributed by atoms with Crippen LogP contribution in [-0.2, 0) is 18.4 Å². The van der Waals surface area contributed by atoms with E-state index in [2.05, 4.69) is 116 Å². The van der Waals surface area contributed by atoms with E-state index in [1.54, 1.807) is 6.08 Å². The molecule has 83 heavy (non-hydrogen) atoms. The van der Waals surface area contributed by atoms with E-state index in [4.69, 9.17) is 9.05 Å². The van der Waals surface area contributed by atoms with E-state index < -0.39 is 20.0 Å². The summed E-state index contributed by atoms with van der Waals surface area (Å²) in [5.74, 6) is -0.199. The molecular weight excluding hydrogens is 1040 g/mol. The number of rotatable bonds is 63. The zero-order chi connectivity index (χ0) is 60.5. The van der Waals surface area contributed by atoms with Gasteiger partial charge in [0.15, 0.2) is 0 Å². The molecule has 0 aromatic carbocycles. The molecule has 0 saturated heterocycles. The molecule has 0 rings (SSSR count). The quantitative estimate of drug-likeness (QED) is 0.0243. The first-order chi connectivity index (χ1) is 40.5. The highest BCUT2D eigenvalue weighted by Gasteiger charge is 2.28. The van der Waals surface area contributed by atoms with Gasteiger partial charge in [-0.05, 0) is 89.9 Å². The van der Waals surface area contributed by atoms with Crippen molar-refractivity contribution >= 4 is 13.7 Å². The molecule has 0 aromatic heterocycles. The number of aliphatic hydroxyl groups is 1. The maximum Gasteiger partial charge on any atom is 0.472 e. The molecule has 0 aliphatic rings. The van der Waals surface area contributed by atoms with Gasteiger partial charge in [-0.25, -0.2) is 4.57 Å². The van der Waals surface area contributed by atoms with Gasteiger partial charge in [0.05, 0.1) is 39.9 Å². The van der Waals surface area contributed by atoms with E-state index in [-0.39, 0.29) is 19.1 Å². The molecule has 3 N–H and O–H groups in total. The number of nitrogens with one attached hydrogen (secondary N) is 1. The lowest BCUT2D eigenvalue weighted by Crippen LogP contribution is -2.45. The van der Waals surface area contributed by atoms with E-state index >= 15 is 0 Å². The second-order valence-electron chi connectivity index (χ2n) is 24.5. The lowest BCUT2D eigenvalue weighted by atomic mass is 10.0. The Labute approximate surface area is 514 Å². The summed E-state index contributed by atoms with van der Waals surface area (Å²) in [5, 5.41) is 14.0. The Balaban J connectivity index is 4.17. The normalized spacial score (nSPS) is 14.3. The summed E-state index contributed by atoms with van der Waals surface area (Å²) in [4.78, 5) is 23.4. The van der Waals surface area contributed by atoms with Crippen LogP contribution in [0.5, 0.6) is 0 Å². The predicted octanol–water partition coefficient (Wildman–Crippen LogP) is 22.3. The summed E-state index contributed by atoms with van der Waals surface area (Å²) in [6.07, 6.45) is 93.8. The third kappa shape index (κ3) is 66.5. The molecule has 0 aliphatic heterocycles. The zero-order valence-electron chi connectivity index (χ0n) is 54.9. The Morgan fingerprint density at radius 2 is 0.735 bits per heavy atom. The molecule has 3 unspecified atom stereocenters. The average Bonchev–Trinajstić information content (AvgIpc) is 3.50. The molecular formula is C74H134N2O6P+. The number of quaternary nitrogens is 1. The van der Waals surface area contributed by atoms with Gasteiger partial charge in [-0.1, -0.05) is 316 Å². The van der Waals surface area contributed by atoms with Crippen LogP contribution in [-0.4, -0.2) is 73.4 Å². The second kappa shape index (κ2) is 63.7. The number of allylic oxidation sites excluding steroid dienone is 17. The number of unbranched alkanes of at least 4 members (excludes halogenated alkanes) is 34. The molecule has 1 amide bonds. The number of phosphoric acid groups is 1. The summed E-state index contributed by atoms with van der Waals surface area (Å²) in [7, 11) is 1.54. The predicted molar refractivity (Wildman–Crippen MR) is 364 cm³/mol. The van der Waals surface area contributed by atoms with Crippen molar-refractivity contribution in [2.24, 2.45) is 0 Å². The van der Waals surface area contributed by atoms with Crippen molar-refractivity contribution in [3.63, 3.8) is 0 Å². The topological polar surface area (TPSA) is 105 Å². The van der Waals surface area contributed by atoms with Gasteiger partial charge in [0.2, 0.25) is 5.91 Å². The molecule has 480 valence electrons. The van der Waals surface area contributed by atoms with E-state index in [1.807, 2.05) is 27.2 Å². The summed E-state index contributed by atoms with van der Waals surface area (Å²) in [5.41, 5.74) is 0. The summed E-state index contributed by atoms with van der Waals surface area (Å²) in [6, 6.07) is -0.880. The van der Waals surface area contributed by atoms with Crippen LogP contribution < -0.4 is 5.32 Å². The van der Waals surface area contributed by atoms with Crippen molar-refractivity contribution in [3.8, 4) is 0 Å². The summed E-state index contributed by atoms with van der Waals surface area (Å²) in [6.45, 7) is 4.69. The van der Waals surface area contributed by atoms with Gasteiger partial charge in [0.1, 0.15) is 13.2 Å². The van der Waals surface area contributed by atoms with Crippen LogP contribution in [0.25, 0.3) is 0 Å². The van der Waals surface area contributed by atoms with Crippen LogP contribution in [0.1, 0.15) is 303 Å². The van der Waals surface area contributed by atoms with Gasteiger partial charge in [-0.3, -0.25) is 13.8 Å². The van der Waals surface area contributed by atoms with E-state index in [9.17, 15) is 19.4 Å². The van der Waals surface area contributed by atoms with E-state index in [0.29, 0.717) is 17.4 Å². The lowest BCUT2D eigenvalue weighted by molar-refractivity contribution is -0.870. The highest BCUT2D eigenvalue weighted by atomic mass is 31.2. The Hall–Kier alpha value is -2.84. The minimum Gasteiger partial charge on any atom is -0.387 e. The second-order valence-corrected chi connectivity index (χ2v) is 26.0. The van der Waals surface area contributed by atoms with Crippen molar-refractivity contribution in [1.29, 1.82) is 0 Å². The lowest BCUT2D eigenvalue weighted by Gasteiger charge is -2.25. The fourth-order valence-electron chi connectivity index (χ4n) is 9.86. The Morgan fingerprint density at radius 3 is 1.11 bits per heavy atom. The molecule has 0 aromatic rings. The smallest absolute Gasteiger partial charge is 0.387 e. The molecule has 9 heteroatoms. The number of amides is 1. The van der Waals surface area contributed by atoms with Crippen molar-refractivity contribution in [2.45, 2.75) is 315 Å². The first-order valence-electron chi connectivity index (χ1n) is 34.8. The first-order valence-corrected chi connectivity index (χ1v) is 36.3. The van der Waals surface area contributed by atoms with Gasteiger partial charge in [-0.2, -0.15) is 0 Å². The van der Waals surface area contributed by atoms with Crippen LogP contribution >= 0.6 is 7.82 Å². The van der Waals surface area contributed by atoms with Crippen LogP contribution in [0, 0.1) is 0 Å². The number of carbonyl (C=O) groups excluding carboxylic acids is 1. The van der Waals surface area contributed by atoms with Crippen molar-refractivity contribution in [1.82, 2.24) is 5.32 Å². The fourth-order valence-corrected chi connectivity index (χ4v) is 10.6. The molecule has 0 spiro atoms. The minimum atomic E-state index is -4.37. The number of aliphatic hydroxyl groups excluding tert-OH is 1. The summed E-state index contributed by atoms with van der Waals surface area (Å²) < 4.78 is 23.8. The average molecular weight is 1180 g/mol. The monoisotopic (exact) mass is 1180 g/mol. The molecule has 8 nitrogen and oxygen atoms in total. The Bertz CT molecular complexity index is 1720. The minimum absolute atomic E-state index is 0.0484. The number of phosphoric ester groups is 1. The van der Waals surface area contributed by atoms with Gasteiger partial charge < -0.3 is 19.8 Å². The third-order valence-electron chi connectivity index (χ3n) is 15.2. The van der Waals surface area contributed by atoms with E-state index in [0.717, 1.165) is 96.3 Å². The van der Waals surface area contributed by atoms with Gasteiger partial charge >= 0.3 is 7.82 Å². The Kier molecular flexibility index (Phi) is 61.5. The van der Waals surface area contributed by atoms with E-state index in [1.165, 1.54) is 186 Å². The summed E-state index contributed by atoms with van der Waals surface area (Å²) >= 11 is 0. The zero-order valence-corrected chi connectivity index (χ0v) is 55.8. The number of hydrogen-bond donors (Lipinski definition) is 3. The van der Waals surface area contributed by atoms with Crippen LogP contribution in [0.2, 0.25) is 0 Å². The van der Waals surface area contributed by atoms with Crippen LogP contribution in [0.15, 0.2) is 109 Å². The van der Waals surface area contributed by atoms with Crippen LogP contribution in [0.4, 0.5) is 0 Å². The standard InChI is InChI=1S/C74H133N2O6P/c1-6-8-10-12-14-16-18-20-22-24-26-28-30-32-34-36-37-38-40-41-43-45-47-49-51-53-55-57-59-61-63-65-67-73(77)72(71-82-83(79,80)81-70-69-76(3,4)5)75-74(78)68-66-64-62-60-58-56-54-52-50-48-46-44-42-39-35-33-31-29-27-25-23-21-19-17-15-13-11-9-7-2/h9,11,15,17,21,23,27,29,33,35,42,44,48,50,57,59,65,67,72-73,77H,6-8,10,12-14,16,18-20,22,24-26,28,30-32,34,36-41,43,45-47,49,51-56,58,60-64,66,68-71H2,1-5H3,(H-,75,78,79,80)/p+1/b11-9-,17-15-,23-21-,29-27-,35-33-,44-42-,50-48-,59-57+,67-65+. The molecule has 0 heterocycles. The van der Waals surface area contributed by atoms with Gasteiger partial charge in [0.25, 0.3) is 0 Å². The third-order valence-corrected chi connectivity index (χ3v) is 16.2. The van der Waals surface area contributed by atoms with Gasteiger partial charge in [-0.15, -0.1) is 0 Å². The first kappa shape index (κ1) is 80.2. The maximum absolute atomic E-state index is 13.0. The number of likely N-dealkylation sites (N-methyl/N-ethyl adjacent to an activating group) is 1. The number of hydrogen-bond acceptors (Lipinski definition) is 5. The molecule has 0 aliphatic carbocycles. The highest BCUT2D eigenvalue weighted by molar-refractivity contribution is 7.47. The largest absolute Gasteiger partial charge is 0.472 e. The Morgan fingerprint density at radius 1 is 0.422 bits per heavy atom.